The molecule has 1 heteroatoms. The fourth-order valence-electron chi connectivity index (χ4n) is 0.387. The zero-order valence-electron chi connectivity index (χ0n) is 6.90. The normalized spacial score (nSPS) is 9.90. The van der Waals surface area contributed by atoms with Crippen LogP contribution in [0.4, 0.5) is 0 Å². The average Bonchev–Trinajstić information content (AvgIpc) is 1.89. The number of ether oxygens (including phenoxy) is 1. The minimum absolute atomic E-state index is 0.316. The van der Waals surface area contributed by atoms with Crippen LogP contribution in [0.3, 0.4) is 0 Å². The molecular weight excluding hydrogens is 124 g/mol. The van der Waals surface area contributed by atoms with E-state index in [1.165, 1.54) is 0 Å². The van der Waals surface area contributed by atoms with Crippen LogP contribution >= 0.6 is 0 Å². The first-order valence-electron chi connectivity index (χ1n) is 3.28. The smallest absolute Gasteiger partial charge is 0.122 e. The molecule has 0 aliphatic carbocycles. The van der Waals surface area contributed by atoms with Crippen molar-refractivity contribution in [2.24, 2.45) is 0 Å². The van der Waals surface area contributed by atoms with E-state index in [-0.39, 0.29) is 5.60 Å². The minimum Gasteiger partial charge on any atom is -0.366 e. The third-order valence-corrected chi connectivity index (χ3v) is 1.15. The summed E-state index contributed by atoms with van der Waals surface area (Å²) in [4.78, 5) is 0. The van der Waals surface area contributed by atoms with Crippen LogP contribution in [0, 0.1) is 11.8 Å². The Kier molecular flexibility index (Phi) is 3.83. The Morgan fingerprint density at radius 1 is 1.60 bits per heavy atom. The molecule has 0 aliphatic heterocycles. The van der Waals surface area contributed by atoms with Gasteiger partial charge in [-0.1, -0.05) is 17.9 Å². The van der Waals surface area contributed by atoms with Crippen molar-refractivity contribution in [1.82, 2.24) is 0 Å². The van der Waals surface area contributed by atoms with Gasteiger partial charge >= 0.3 is 0 Å². The van der Waals surface area contributed by atoms with E-state index >= 15 is 0 Å². The van der Waals surface area contributed by atoms with Crippen LogP contribution in [0.15, 0.2) is 12.7 Å². The molecule has 0 atom stereocenters. The van der Waals surface area contributed by atoms with Crippen molar-refractivity contribution < 1.29 is 4.74 Å². The highest BCUT2D eigenvalue weighted by Crippen LogP contribution is 2.03. The quantitative estimate of drug-likeness (QED) is 0.419. The molecule has 0 unspecified atom stereocenters. The molecule has 0 saturated heterocycles. The van der Waals surface area contributed by atoms with Gasteiger partial charge in [0.25, 0.3) is 0 Å². The van der Waals surface area contributed by atoms with Crippen LogP contribution < -0.4 is 0 Å². The van der Waals surface area contributed by atoms with Crippen molar-refractivity contribution in [3.05, 3.63) is 12.7 Å². The predicted molar refractivity (Wildman–Crippen MR) is 43.7 cm³/mol. The highest BCUT2D eigenvalue weighted by atomic mass is 16.5. The van der Waals surface area contributed by atoms with E-state index in [0.29, 0.717) is 0 Å². The highest BCUT2D eigenvalue weighted by Gasteiger charge is 2.09. The van der Waals surface area contributed by atoms with Crippen LogP contribution in [0.25, 0.3) is 0 Å². The van der Waals surface area contributed by atoms with Crippen molar-refractivity contribution >= 4 is 0 Å². The third-order valence-electron chi connectivity index (χ3n) is 1.15. The summed E-state index contributed by atoms with van der Waals surface area (Å²) in [5.74, 6) is 5.90. The summed E-state index contributed by atoms with van der Waals surface area (Å²) in [5, 5.41) is 0. The third kappa shape index (κ3) is 4.17. The van der Waals surface area contributed by atoms with Gasteiger partial charge in [-0.05, 0) is 13.8 Å². The summed E-state index contributed by atoms with van der Waals surface area (Å²) in [7, 11) is 1.66. The molecule has 0 heterocycles. The molecule has 0 saturated carbocycles. The maximum atomic E-state index is 5.08. The Balaban J connectivity index is 3.88. The number of rotatable bonds is 2. The first-order valence-corrected chi connectivity index (χ1v) is 3.28. The molecule has 0 aromatic heterocycles. The summed E-state index contributed by atoms with van der Waals surface area (Å²) in [5.41, 5.74) is -0.316. The Labute approximate surface area is 63.1 Å². The van der Waals surface area contributed by atoms with Gasteiger partial charge in [0.05, 0.1) is 0 Å². The molecule has 0 aliphatic rings. The fourth-order valence-corrected chi connectivity index (χ4v) is 0.387. The molecule has 0 N–H and O–H groups in total. The summed E-state index contributed by atoms with van der Waals surface area (Å²) in [6.45, 7) is 7.43. The van der Waals surface area contributed by atoms with E-state index in [1.54, 1.807) is 13.2 Å². The Morgan fingerprint density at radius 3 is 2.60 bits per heavy atom. The standard InChI is InChI=1S/C9H14O/c1-5-6-7-8-9(2,3)10-4/h5H,1,6H2,2-4H3. The number of hydrogen-bond acceptors (Lipinski definition) is 1. The van der Waals surface area contributed by atoms with Crippen LogP contribution in [0.1, 0.15) is 20.3 Å². The molecule has 0 fully saturated rings. The Hall–Kier alpha value is -0.740. The lowest BCUT2D eigenvalue weighted by atomic mass is 10.1. The van der Waals surface area contributed by atoms with Crippen molar-refractivity contribution in [2.45, 2.75) is 25.9 Å². The molecule has 10 heavy (non-hydrogen) atoms. The van der Waals surface area contributed by atoms with Gasteiger partial charge in [-0.2, -0.15) is 0 Å². The van der Waals surface area contributed by atoms with Gasteiger partial charge in [0, 0.05) is 13.5 Å². The van der Waals surface area contributed by atoms with E-state index in [1.807, 2.05) is 13.8 Å². The topological polar surface area (TPSA) is 9.23 Å². The first kappa shape index (κ1) is 9.26. The largest absolute Gasteiger partial charge is 0.366 e. The SMILES string of the molecule is C=CCC#CC(C)(C)OC. The lowest BCUT2D eigenvalue weighted by molar-refractivity contribution is 0.0741. The van der Waals surface area contributed by atoms with Crippen LogP contribution in [0.2, 0.25) is 0 Å². The van der Waals surface area contributed by atoms with Gasteiger partial charge in [-0.15, -0.1) is 6.58 Å². The maximum absolute atomic E-state index is 5.08. The molecule has 0 bridgehead atoms. The van der Waals surface area contributed by atoms with Gasteiger partial charge < -0.3 is 4.74 Å². The van der Waals surface area contributed by atoms with E-state index in [2.05, 4.69) is 18.4 Å². The summed E-state index contributed by atoms with van der Waals surface area (Å²) < 4.78 is 5.08. The van der Waals surface area contributed by atoms with Gasteiger partial charge in [0.2, 0.25) is 0 Å². The molecule has 0 radical (unpaired) electrons. The summed E-state index contributed by atoms with van der Waals surface area (Å²) in [6.07, 6.45) is 2.51. The van der Waals surface area contributed by atoms with Crippen molar-refractivity contribution in [1.29, 1.82) is 0 Å². The second-order valence-electron chi connectivity index (χ2n) is 2.51. The first-order chi connectivity index (χ1) is 4.62. The molecule has 0 spiro atoms. The van der Waals surface area contributed by atoms with E-state index in [9.17, 15) is 0 Å². The zero-order valence-corrected chi connectivity index (χ0v) is 6.90. The lowest BCUT2D eigenvalue weighted by Crippen LogP contribution is -2.19. The number of hydrogen-bond donors (Lipinski definition) is 0. The Morgan fingerprint density at radius 2 is 2.20 bits per heavy atom. The molecule has 0 rings (SSSR count). The van der Waals surface area contributed by atoms with E-state index < -0.39 is 0 Å². The van der Waals surface area contributed by atoms with Gasteiger partial charge in [-0.3, -0.25) is 0 Å². The van der Waals surface area contributed by atoms with Gasteiger partial charge in [-0.25, -0.2) is 0 Å². The van der Waals surface area contributed by atoms with Crippen molar-refractivity contribution in [2.75, 3.05) is 7.11 Å². The minimum atomic E-state index is -0.316. The molecule has 0 amide bonds. The van der Waals surface area contributed by atoms with Gasteiger partial charge in [0.15, 0.2) is 0 Å². The van der Waals surface area contributed by atoms with Crippen molar-refractivity contribution in [3.63, 3.8) is 0 Å². The Bertz CT molecular complexity index is 157. The highest BCUT2D eigenvalue weighted by molar-refractivity contribution is 5.12. The molecule has 56 valence electrons. The van der Waals surface area contributed by atoms with E-state index in [4.69, 9.17) is 4.74 Å². The number of allylic oxidation sites excluding steroid dienone is 1. The molecule has 1 nitrogen and oxygen atoms in total. The zero-order chi connectivity index (χ0) is 8.04. The second-order valence-corrected chi connectivity index (χ2v) is 2.51. The summed E-state index contributed by atoms with van der Waals surface area (Å²) in [6, 6.07) is 0. The number of methoxy groups -OCH3 is 1. The van der Waals surface area contributed by atoms with Crippen LogP contribution in [-0.2, 0) is 4.74 Å². The van der Waals surface area contributed by atoms with Crippen LogP contribution in [-0.4, -0.2) is 12.7 Å². The molecular formula is C9H14O. The van der Waals surface area contributed by atoms with E-state index in [0.717, 1.165) is 6.42 Å². The van der Waals surface area contributed by atoms with Crippen molar-refractivity contribution in [3.8, 4) is 11.8 Å². The maximum Gasteiger partial charge on any atom is 0.122 e. The fraction of sp³-hybridized carbons (Fsp3) is 0.556. The monoisotopic (exact) mass is 138 g/mol. The second kappa shape index (κ2) is 4.14. The summed E-state index contributed by atoms with van der Waals surface area (Å²) >= 11 is 0. The molecule has 0 aromatic rings. The lowest BCUT2D eigenvalue weighted by Gasteiger charge is -2.13. The van der Waals surface area contributed by atoms with Crippen LogP contribution in [0.5, 0.6) is 0 Å². The average molecular weight is 138 g/mol. The molecule has 0 aromatic carbocycles. The van der Waals surface area contributed by atoms with Gasteiger partial charge in [0.1, 0.15) is 5.60 Å². The predicted octanol–water partition coefficient (Wildman–Crippen LogP) is 1.99.